The molecular formula is C9H11N7O. The third-order valence-corrected chi connectivity index (χ3v) is 2.09. The topological polar surface area (TPSA) is 122 Å². The lowest BCUT2D eigenvalue weighted by atomic mass is 10.2. The molecule has 0 aliphatic heterocycles. The van der Waals surface area contributed by atoms with Crippen LogP contribution in [0.5, 0.6) is 0 Å². The number of nitrogens with zero attached hydrogens (tertiary/aromatic N) is 4. The van der Waals surface area contributed by atoms with Gasteiger partial charge in [0.2, 0.25) is 0 Å². The first-order valence-corrected chi connectivity index (χ1v) is 4.95. The number of hydrogen-bond donors (Lipinski definition) is 3. The zero-order valence-electron chi connectivity index (χ0n) is 8.92. The number of carbonyl (C=O) groups excluding carboxylic acids is 1. The summed E-state index contributed by atoms with van der Waals surface area (Å²) in [6.45, 7) is 0.605. The highest BCUT2D eigenvalue weighted by molar-refractivity contribution is 5.92. The number of rotatable bonds is 4. The molecule has 8 nitrogen and oxygen atoms in total. The van der Waals surface area contributed by atoms with Crippen LogP contribution in [0.2, 0.25) is 0 Å². The van der Waals surface area contributed by atoms with E-state index in [4.69, 9.17) is 5.73 Å². The predicted octanol–water partition coefficient (Wildman–Crippen LogP) is -1.02. The van der Waals surface area contributed by atoms with Gasteiger partial charge in [-0.05, 0) is 11.6 Å². The summed E-state index contributed by atoms with van der Waals surface area (Å²) in [5.74, 6) is 0.121. The van der Waals surface area contributed by atoms with Crippen LogP contribution in [0, 0.1) is 0 Å². The SMILES string of the molecule is NCc1ccc(C(=O)NCc2nn[nH]n2)nc1. The Kier molecular flexibility index (Phi) is 3.36. The predicted molar refractivity (Wildman–Crippen MR) is 57.5 cm³/mol. The number of H-pyrrole nitrogens is 1. The summed E-state index contributed by atoms with van der Waals surface area (Å²) in [7, 11) is 0. The van der Waals surface area contributed by atoms with Gasteiger partial charge in [0.1, 0.15) is 5.69 Å². The smallest absolute Gasteiger partial charge is 0.270 e. The minimum absolute atomic E-state index is 0.204. The van der Waals surface area contributed by atoms with E-state index >= 15 is 0 Å². The van der Waals surface area contributed by atoms with Crippen LogP contribution in [0.1, 0.15) is 21.9 Å². The second-order valence-electron chi connectivity index (χ2n) is 3.27. The Hall–Kier alpha value is -2.35. The summed E-state index contributed by atoms with van der Waals surface area (Å²) < 4.78 is 0. The van der Waals surface area contributed by atoms with E-state index in [-0.39, 0.29) is 12.5 Å². The summed E-state index contributed by atoms with van der Waals surface area (Å²) in [4.78, 5) is 15.6. The van der Waals surface area contributed by atoms with Crippen molar-refractivity contribution in [2.24, 2.45) is 5.73 Å². The molecule has 0 unspecified atom stereocenters. The van der Waals surface area contributed by atoms with E-state index in [0.29, 0.717) is 18.1 Å². The van der Waals surface area contributed by atoms with Crippen LogP contribution in [0.15, 0.2) is 18.3 Å². The number of tetrazole rings is 1. The van der Waals surface area contributed by atoms with Gasteiger partial charge in [0.15, 0.2) is 5.82 Å². The van der Waals surface area contributed by atoms with Crippen molar-refractivity contribution in [3.8, 4) is 0 Å². The Morgan fingerprint density at radius 3 is 2.94 bits per heavy atom. The lowest BCUT2D eigenvalue weighted by molar-refractivity contribution is 0.0945. The fourth-order valence-corrected chi connectivity index (χ4v) is 1.19. The molecule has 0 aromatic carbocycles. The van der Waals surface area contributed by atoms with Crippen LogP contribution < -0.4 is 11.1 Å². The molecule has 0 aliphatic rings. The minimum atomic E-state index is -0.293. The maximum absolute atomic E-state index is 11.6. The molecule has 2 rings (SSSR count). The van der Waals surface area contributed by atoms with E-state index in [1.165, 1.54) is 0 Å². The molecule has 0 spiro atoms. The first-order chi connectivity index (χ1) is 8.29. The standard InChI is InChI=1S/C9H11N7O/c10-3-6-1-2-7(11-4-6)9(17)12-5-8-13-15-16-14-8/h1-2,4H,3,5,10H2,(H,12,17)(H,13,14,15,16). The number of amides is 1. The summed E-state index contributed by atoms with van der Waals surface area (Å²) in [6.07, 6.45) is 1.57. The van der Waals surface area contributed by atoms with E-state index < -0.39 is 0 Å². The molecule has 0 aliphatic carbocycles. The van der Waals surface area contributed by atoms with Crippen LogP contribution in [0.3, 0.4) is 0 Å². The largest absolute Gasteiger partial charge is 0.343 e. The lowest BCUT2D eigenvalue weighted by Crippen LogP contribution is -2.24. The number of hydrogen-bond acceptors (Lipinski definition) is 6. The van der Waals surface area contributed by atoms with Crippen LogP contribution in [-0.4, -0.2) is 31.5 Å². The molecular weight excluding hydrogens is 222 g/mol. The normalized spacial score (nSPS) is 10.2. The number of pyridine rings is 1. The van der Waals surface area contributed by atoms with Crippen LogP contribution in [0.4, 0.5) is 0 Å². The molecule has 0 bridgehead atoms. The average molecular weight is 233 g/mol. The molecule has 1 amide bonds. The van der Waals surface area contributed by atoms with E-state index in [9.17, 15) is 4.79 Å². The molecule has 2 aromatic heterocycles. The van der Waals surface area contributed by atoms with Gasteiger partial charge in [-0.25, -0.2) is 0 Å². The fraction of sp³-hybridized carbons (Fsp3) is 0.222. The highest BCUT2D eigenvalue weighted by Gasteiger charge is 2.07. The number of aromatic nitrogens is 5. The zero-order chi connectivity index (χ0) is 12.1. The molecule has 0 saturated carbocycles. The van der Waals surface area contributed by atoms with Crippen LogP contribution in [-0.2, 0) is 13.1 Å². The van der Waals surface area contributed by atoms with Crippen molar-refractivity contribution in [1.82, 2.24) is 30.9 Å². The van der Waals surface area contributed by atoms with Gasteiger partial charge in [0.25, 0.3) is 5.91 Å². The van der Waals surface area contributed by atoms with Gasteiger partial charge < -0.3 is 11.1 Å². The molecule has 2 aromatic rings. The average Bonchev–Trinajstić information content (AvgIpc) is 2.89. The molecule has 4 N–H and O–H groups in total. The van der Waals surface area contributed by atoms with Crippen molar-refractivity contribution in [2.45, 2.75) is 13.1 Å². The van der Waals surface area contributed by atoms with Gasteiger partial charge in [-0.1, -0.05) is 11.3 Å². The Morgan fingerprint density at radius 1 is 1.47 bits per heavy atom. The van der Waals surface area contributed by atoms with Crippen molar-refractivity contribution in [2.75, 3.05) is 0 Å². The first-order valence-electron chi connectivity index (χ1n) is 4.95. The van der Waals surface area contributed by atoms with Crippen molar-refractivity contribution in [3.05, 3.63) is 35.4 Å². The number of aromatic amines is 1. The van der Waals surface area contributed by atoms with E-state index in [1.54, 1.807) is 18.3 Å². The van der Waals surface area contributed by atoms with E-state index in [2.05, 4.69) is 30.9 Å². The van der Waals surface area contributed by atoms with Gasteiger partial charge in [0.05, 0.1) is 6.54 Å². The third-order valence-electron chi connectivity index (χ3n) is 2.09. The molecule has 88 valence electrons. The highest BCUT2D eigenvalue weighted by Crippen LogP contribution is 1.99. The lowest BCUT2D eigenvalue weighted by Gasteiger charge is -2.02. The van der Waals surface area contributed by atoms with Crippen LogP contribution >= 0.6 is 0 Å². The van der Waals surface area contributed by atoms with Gasteiger partial charge >= 0.3 is 0 Å². The molecule has 0 fully saturated rings. The summed E-state index contributed by atoms with van der Waals surface area (Å²) in [5, 5.41) is 15.7. The number of nitrogens with two attached hydrogens (primary N) is 1. The first kappa shape index (κ1) is 11.1. The Labute approximate surface area is 96.6 Å². The monoisotopic (exact) mass is 233 g/mol. The van der Waals surface area contributed by atoms with E-state index in [1.807, 2.05) is 0 Å². The Balaban J connectivity index is 1.95. The quantitative estimate of drug-likeness (QED) is 0.621. The molecule has 2 heterocycles. The Morgan fingerprint density at radius 2 is 2.35 bits per heavy atom. The number of carbonyl (C=O) groups is 1. The maximum atomic E-state index is 11.6. The van der Waals surface area contributed by atoms with Gasteiger partial charge in [-0.3, -0.25) is 9.78 Å². The molecule has 0 saturated heterocycles. The number of nitrogens with one attached hydrogen (secondary N) is 2. The second-order valence-corrected chi connectivity index (χ2v) is 3.27. The van der Waals surface area contributed by atoms with Crippen molar-refractivity contribution in [1.29, 1.82) is 0 Å². The second kappa shape index (κ2) is 5.12. The van der Waals surface area contributed by atoms with Crippen molar-refractivity contribution in [3.63, 3.8) is 0 Å². The highest BCUT2D eigenvalue weighted by atomic mass is 16.1. The van der Waals surface area contributed by atoms with Crippen LogP contribution in [0.25, 0.3) is 0 Å². The summed E-state index contributed by atoms with van der Waals surface area (Å²) in [6, 6.07) is 3.38. The van der Waals surface area contributed by atoms with Gasteiger partial charge in [-0.2, -0.15) is 5.21 Å². The maximum Gasteiger partial charge on any atom is 0.270 e. The summed E-state index contributed by atoms with van der Waals surface area (Å²) in [5.41, 5.74) is 6.63. The van der Waals surface area contributed by atoms with Gasteiger partial charge in [0, 0.05) is 12.7 Å². The molecule has 0 radical (unpaired) electrons. The summed E-state index contributed by atoms with van der Waals surface area (Å²) >= 11 is 0. The fourth-order valence-electron chi connectivity index (χ4n) is 1.19. The van der Waals surface area contributed by atoms with Crippen molar-refractivity contribution < 1.29 is 4.79 Å². The molecule has 8 heteroatoms. The third kappa shape index (κ3) is 2.82. The minimum Gasteiger partial charge on any atom is -0.343 e. The molecule has 0 atom stereocenters. The Bertz CT molecular complexity index is 479. The van der Waals surface area contributed by atoms with Crippen molar-refractivity contribution >= 4 is 5.91 Å². The van der Waals surface area contributed by atoms with E-state index in [0.717, 1.165) is 5.56 Å². The zero-order valence-corrected chi connectivity index (χ0v) is 8.92. The molecule has 17 heavy (non-hydrogen) atoms. The van der Waals surface area contributed by atoms with Gasteiger partial charge in [-0.15, -0.1) is 10.2 Å².